The van der Waals surface area contributed by atoms with Gasteiger partial charge in [0.2, 0.25) is 0 Å². The Morgan fingerprint density at radius 1 is 1.50 bits per heavy atom. The molecule has 1 saturated heterocycles. The molecule has 0 N–H and O–H groups in total. The smallest absolute Gasteiger partial charge is 0.262 e. The SMILES string of the molecule is N#CCCCSc1nc2cc(Cl)ccc2c(=O)n1C[C@@H]1CCCO1. The molecule has 2 aromatic rings. The largest absolute Gasteiger partial charge is 0.376 e. The maximum atomic E-state index is 12.9. The highest BCUT2D eigenvalue weighted by atomic mass is 35.5. The Hall–Kier alpha value is -1.55. The summed E-state index contributed by atoms with van der Waals surface area (Å²) in [5.41, 5.74) is 0.550. The van der Waals surface area contributed by atoms with Gasteiger partial charge in [-0.15, -0.1) is 0 Å². The zero-order chi connectivity index (χ0) is 16.9. The van der Waals surface area contributed by atoms with E-state index in [4.69, 9.17) is 21.6 Å². The highest BCUT2D eigenvalue weighted by molar-refractivity contribution is 7.99. The van der Waals surface area contributed by atoms with Gasteiger partial charge in [0, 0.05) is 23.8 Å². The molecule has 7 heteroatoms. The van der Waals surface area contributed by atoms with Gasteiger partial charge in [-0.1, -0.05) is 23.4 Å². The number of ether oxygens (including phenoxy) is 1. The number of thioether (sulfide) groups is 1. The lowest BCUT2D eigenvalue weighted by molar-refractivity contribution is 0.0937. The third-order valence-electron chi connectivity index (χ3n) is 3.96. The monoisotopic (exact) mass is 363 g/mol. The summed E-state index contributed by atoms with van der Waals surface area (Å²) in [6.45, 7) is 1.27. The summed E-state index contributed by atoms with van der Waals surface area (Å²) < 4.78 is 7.39. The van der Waals surface area contributed by atoms with Gasteiger partial charge in [0.05, 0.1) is 29.6 Å². The van der Waals surface area contributed by atoms with Gasteiger partial charge in [-0.05, 0) is 37.5 Å². The van der Waals surface area contributed by atoms with Crippen LogP contribution < -0.4 is 5.56 Å². The second-order valence-corrected chi connectivity index (χ2v) is 7.22. The third kappa shape index (κ3) is 3.92. The Balaban J connectivity index is 1.96. The first kappa shape index (κ1) is 17.3. The molecule has 2 heterocycles. The summed E-state index contributed by atoms with van der Waals surface area (Å²) in [4.78, 5) is 17.5. The van der Waals surface area contributed by atoms with Crippen LogP contribution in [0, 0.1) is 11.3 Å². The molecule has 1 fully saturated rings. The van der Waals surface area contributed by atoms with Crippen LogP contribution in [-0.2, 0) is 11.3 Å². The van der Waals surface area contributed by atoms with Gasteiger partial charge in [-0.2, -0.15) is 5.26 Å². The van der Waals surface area contributed by atoms with Gasteiger partial charge < -0.3 is 4.74 Å². The lowest BCUT2D eigenvalue weighted by Gasteiger charge is -2.16. The van der Waals surface area contributed by atoms with Crippen molar-refractivity contribution >= 4 is 34.3 Å². The van der Waals surface area contributed by atoms with E-state index >= 15 is 0 Å². The average molecular weight is 364 g/mol. The fourth-order valence-electron chi connectivity index (χ4n) is 2.75. The van der Waals surface area contributed by atoms with Crippen LogP contribution in [0.4, 0.5) is 0 Å². The van der Waals surface area contributed by atoms with Crippen LogP contribution in [0.5, 0.6) is 0 Å². The lowest BCUT2D eigenvalue weighted by atomic mass is 10.2. The van der Waals surface area contributed by atoms with Crippen LogP contribution in [0.15, 0.2) is 28.2 Å². The molecule has 0 unspecified atom stereocenters. The van der Waals surface area contributed by atoms with Crippen LogP contribution in [0.1, 0.15) is 25.7 Å². The van der Waals surface area contributed by atoms with Crippen molar-refractivity contribution in [3.05, 3.63) is 33.6 Å². The molecule has 1 aliphatic heterocycles. The second-order valence-electron chi connectivity index (χ2n) is 5.72. The van der Waals surface area contributed by atoms with E-state index in [0.717, 1.165) is 31.6 Å². The maximum Gasteiger partial charge on any atom is 0.262 e. The number of rotatable bonds is 6. The zero-order valence-corrected chi connectivity index (χ0v) is 14.8. The summed E-state index contributed by atoms with van der Waals surface area (Å²) >= 11 is 7.54. The Kier molecular flexibility index (Phi) is 5.77. The summed E-state index contributed by atoms with van der Waals surface area (Å²) in [5, 5.41) is 10.5. The molecular weight excluding hydrogens is 346 g/mol. The molecule has 126 valence electrons. The number of aromatic nitrogens is 2. The molecule has 0 radical (unpaired) electrons. The van der Waals surface area contributed by atoms with Gasteiger partial charge in [-0.3, -0.25) is 9.36 Å². The van der Waals surface area contributed by atoms with E-state index in [0.29, 0.717) is 34.0 Å². The molecule has 0 spiro atoms. The number of hydrogen-bond acceptors (Lipinski definition) is 5. The summed E-state index contributed by atoms with van der Waals surface area (Å²) in [6.07, 6.45) is 3.32. The van der Waals surface area contributed by atoms with Crippen LogP contribution in [0.2, 0.25) is 5.02 Å². The number of unbranched alkanes of at least 4 members (excludes halogenated alkanes) is 1. The van der Waals surface area contributed by atoms with Crippen LogP contribution >= 0.6 is 23.4 Å². The molecule has 0 bridgehead atoms. The number of fused-ring (bicyclic) bond motifs is 1. The third-order valence-corrected chi connectivity index (χ3v) is 5.25. The molecule has 0 aliphatic carbocycles. The summed E-state index contributed by atoms with van der Waals surface area (Å²) in [6, 6.07) is 7.29. The summed E-state index contributed by atoms with van der Waals surface area (Å²) in [7, 11) is 0. The molecular formula is C17H18ClN3O2S. The first-order valence-electron chi connectivity index (χ1n) is 8.00. The topological polar surface area (TPSA) is 67.9 Å². The van der Waals surface area contributed by atoms with Crippen molar-refractivity contribution in [1.82, 2.24) is 9.55 Å². The van der Waals surface area contributed by atoms with Crippen molar-refractivity contribution in [2.24, 2.45) is 0 Å². The number of hydrogen-bond donors (Lipinski definition) is 0. The van der Waals surface area contributed by atoms with E-state index in [1.54, 1.807) is 22.8 Å². The van der Waals surface area contributed by atoms with Crippen molar-refractivity contribution in [1.29, 1.82) is 5.26 Å². The minimum absolute atomic E-state index is 0.0602. The Morgan fingerprint density at radius 3 is 3.12 bits per heavy atom. The molecule has 1 aromatic carbocycles. The number of nitriles is 1. The second kappa shape index (κ2) is 8.02. The maximum absolute atomic E-state index is 12.9. The minimum Gasteiger partial charge on any atom is -0.376 e. The van der Waals surface area contributed by atoms with E-state index in [2.05, 4.69) is 11.1 Å². The molecule has 0 amide bonds. The van der Waals surface area contributed by atoms with Gasteiger partial charge in [0.1, 0.15) is 0 Å². The highest BCUT2D eigenvalue weighted by Crippen LogP contribution is 2.23. The molecule has 1 aromatic heterocycles. The van der Waals surface area contributed by atoms with Crippen molar-refractivity contribution in [2.45, 2.75) is 43.5 Å². The van der Waals surface area contributed by atoms with Crippen LogP contribution in [0.25, 0.3) is 10.9 Å². The first-order chi connectivity index (χ1) is 11.7. The standard InChI is InChI=1S/C17H18ClN3O2S/c18-12-5-6-14-15(10-12)20-17(24-9-2-1-7-19)21(16(14)22)11-13-4-3-8-23-13/h5-6,10,13H,1-4,8-9,11H2/t13-/m0/s1. The minimum atomic E-state index is -0.0602. The van der Waals surface area contributed by atoms with Crippen molar-refractivity contribution in [3.8, 4) is 6.07 Å². The lowest BCUT2D eigenvalue weighted by Crippen LogP contribution is -2.28. The zero-order valence-electron chi connectivity index (χ0n) is 13.2. The Bertz CT molecular complexity index is 825. The average Bonchev–Trinajstić information content (AvgIpc) is 3.08. The number of halogens is 1. The van der Waals surface area contributed by atoms with Crippen molar-refractivity contribution < 1.29 is 4.74 Å². The van der Waals surface area contributed by atoms with E-state index in [1.165, 1.54) is 11.8 Å². The summed E-state index contributed by atoms with van der Waals surface area (Å²) in [5.74, 6) is 0.748. The van der Waals surface area contributed by atoms with Crippen LogP contribution in [0.3, 0.4) is 0 Å². The van der Waals surface area contributed by atoms with E-state index in [-0.39, 0.29) is 11.7 Å². The van der Waals surface area contributed by atoms with Crippen molar-refractivity contribution in [3.63, 3.8) is 0 Å². The molecule has 5 nitrogen and oxygen atoms in total. The fraction of sp³-hybridized carbons (Fsp3) is 0.471. The Labute approximate surface area is 149 Å². The van der Waals surface area contributed by atoms with Crippen molar-refractivity contribution in [2.75, 3.05) is 12.4 Å². The van der Waals surface area contributed by atoms with Gasteiger partial charge in [0.15, 0.2) is 5.16 Å². The fourth-order valence-corrected chi connectivity index (χ4v) is 3.87. The van der Waals surface area contributed by atoms with E-state index < -0.39 is 0 Å². The Morgan fingerprint density at radius 2 is 2.38 bits per heavy atom. The normalized spacial score (nSPS) is 17.2. The van der Waals surface area contributed by atoms with E-state index in [1.807, 2.05) is 0 Å². The van der Waals surface area contributed by atoms with E-state index in [9.17, 15) is 4.79 Å². The van der Waals surface area contributed by atoms with Gasteiger partial charge in [0.25, 0.3) is 5.56 Å². The quantitative estimate of drug-likeness (QED) is 0.445. The van der Waals surface area contributed by atoms with Crippen LogP contribution in [-0.4, -0.2) is 28.0 Å². The molecule has 1 atom stereocenters. The first-order valence-corrected chi connectivity index (χ1v) is 9.37. The predicted octanol–water partition coefficient (Wildman–Crippen LogP) is 3.62. The molecule has 3 rings (SSSR count). The van der Waals surface area contributed by atoms with Gasteiger partial charge in [-0.25, -0.2) is 4.98 Å². The molecule has 1 aliphatic rings. The highest BCUT2D eigenvalue weighted by Gasteiger charge is 2.20. The number of nitrogens with zero attached hydrogens (tertiary/aromatic N) is 3. The molecule has 0 saturated carbocycles. The number of benzene rings is 1. The molecule has 24 heavy (non-hydrogen) atoms. The predicted molar refractivity (Wildman–Crippen MR) is 95.6 cm³/mol. The van der Waals surface area contributed by atoms with Gasteiger partial charge >= 0.3 is 0 Å².